The fourth-order valence-corrected chi connectivity index (χ4v) is 2.02. The van der Waals surface area contributed by atoms with Gasteiger partial charge in [-0.3, -0.25) is 4.79 Å². The Morgan fingerprint density at radius 1 is 1.47 bits per heavy atom. The lowest BCUT2D eigenvalue weighted by atomic mass is 10.2. The Balaban J connectivity index is 2.04. The van der Waals surface area contributed by atoms with Crippen LogP contribution in [0, 0.1) is 5.82 Å². The van der Waals surface area contributed by atoms with E-state index in [1.165, 1.54) is 19.1 Å². The number of carboxylic acids is 1. The van der Waals surface area contributed by atoms with E-state index in [4.69, 9.17) is 9.84 Å². The van der Waals surface area contributed by atoms with E-state index in [1.54, 1.807) is 4.90 Å². The molecule has 19 heavy (non-hydrogen) atoms. The summed E-state index contributed by atoms with van der Waals surface area (Å²) in [5, 5.41) is 8.73. The van der Waals surface area contributed by atoms with E-state index in [0.717, 1.165) is 6.07 Å². The molecule has 1 aromatic carbocycles. The third kappa shape index (κ3) is 3.01. The minimum Gasteiger partial charge on any atom is -0.485 e. The molecule has 1 aromatic rings. The van der Waals surface area contributed by atoms with E-state index in [1.807, 2.05) is 0 Å². The van der Waals surface area contributed by atoms with E-state index in [9.17, 15) is 14.0 Å². The van der Waals surface area contributed by atoms with Gasteiger partial charge in [0, 0.05) is 19.9 Å². The summed E-state index contributed by atoms with van der Waals surface area (Å²) < 4.78 is 19.1. The van der Waals surface area contributed by atoms with E-state index in [-0.39, 0.29) is 23.3 Å². The van der Waals surface area contributed by atoms with Crippen LogP contribution < -0.4 is 4.74 Å². The van der Waals surface area contributed by atoms with Crippen molar-refractivity contribution in [2.24, 2.45) is 0 Å². The Morgan fingerprint density at radius 2 is 2.21 bits per heavy atom. The molecule has 1 fully saturated rings. The number of hydrogen-bond donors (Lipinski definition) is 1. The summed E-state index contributed by atoms with van der Waals surface area (Å²) in [4.78, 5) is 23.5. The Bertz CT molecular complexity index is 517. The molecule has 2 rings (SSSR count). The molecule has 0 spiro atoms. The van der Waals surface area contributed by atoms with Crippen molar-refractivity contribution < 1.29 is 23.8 Å². The highest BCUT2D eigenvalue weighted by Gasteiger charge is 2.26. The van der Waals surface area contributed by atoms with Crippen LogP contribution in [0.25, 0.3) is 0 Å². The molecule has 0 saturated carbocycles. The fourth-order valence-electron chi connectivity index (χ4n) is 2.02. The highest BCUT2D eigenvalue weighted by molar-refractivity contribution is 5.87. The van der Waals surface area contributed by atoms with Gasteiger partial charge in [-0.1, -0.05) is 0 Å². The predicted molar refractivity (Wildman–Crippen MR) is 64.6 cm³/mol. The quantitative estimate of drug-likeness (QED) is 0.901. The molecule has 0 radical (unpaired) electrons. The topological polar surface area (TPSA) is 66.8 Å². The van der Waals surface area contributed by atoms with Crippen molar-refractivity contribution >= 4 is 11.9 Å². The van der Waals surface area contributed by atoms with Crippen molar-refractivity contribution in [2.45, 2.75) is 19.4 Å². The lowest BCUT2D eigenvalue weighted by molar-refractivity contribution is -0.128. The van der Waals surface area contributed by atoms with Crippen LogP contribution in [0.4, 0.5) is 4.39 Å². The Kier molecular flexibility index (Phi) is 3.69. The molecular weight excluding hydrogens is 253 g/mol. The SMILES string of the molecule is CC(=O)N1CCC(Oc2ccc(C(=O)O)cc2F)C1. The zero-order valence-corrected chi connectivity index (χ0v) is 10.4. The van der Waals surface area contributed by atoms with Gasteiger partial charge in [-0.2, -0.15) is 0 Å². The third-order valence-electron chi connectivity index (χ3n) is 3.06. The molecule has 0 aromatic heterocycles. The van der Waals surface area contributed by atoms with E-state index < -0.39 is 11.8 Å². The van der Waals surface area contributed by atoms with Crippen molar-refractivity contribution in [3.63, 3.8) is 0 Å². The maximum Gasteiger partial charge on any atom is 0.335 e. The molecule has 1 atom stereocenters. The first-order valence-electron chi connectivity index (χ1n) is 5.92. The summed E-state index contributed by atoms with van der Waals surface area (Å²) in [5.74, 6) is -1.91. The van der Waals surface area contributed by atoms with Crippen molar-refractivity contribution in [1.29, 1.82) is 0 Å². The van der Waals surface area contributed by atoms with Crippen molar-refractivity contribution in [3.05, 3.63) is 29.6 Å². The Morgan fingerprint density at radius 3 is 2.74 bits per heavy atom. The highest BCUT2D eigenvalue weighted by atomic mass is 19.1. The highest BCUT2D eigenvalue weighted by Crippen LogP contribution is 2.22. The fraction of sp³-hybridized carbons (Fsp3) is 0.385. The standard InChI is InChI=1S/C13H14FNO4/c1-8(16)15-5-4-10(7-15)19-12-3-2-9(13(17)18)6-11(12)14/h2-3,6,10H,4-5,7H2,1H3,(H,17,18). The lowest BCUT2D eigenvalue weighted by Crippen LogP contribution is -2.28. The van der Waals surface area contributed by atoms with Crippen LogP contribution in [0.5, 0.6) is 5.75 Å². The predicted octanol–water partition coefficient (Wildman–Crippen LogP) is 1.52. The second-order valence-corrected chi connectivity index (χ2v) is 4.44. The molecule has 1 heterocycles. The molecule has 6 heteroatoms. The van der Waals surface area contributed by atoms with Gasteiger partial charge < -0.3 is 14.7 Å². The zero-order chi connectivity index (χ0) is 14.0. The molecule has 1 unspecified atom stereocenters. The first-order valence-corrected chi connectivity index (χ1v) is 5.92. The molecular formula is C13H14FNO4. The average Bonchev–Trinajstić information content (AvgIpc) is 2.80. The van der Waals surface area contributed by atoms with Crippen LogP contribution in [0.2, 0.25) is 0 Å². The summed E-state index contributed by atoms with van der Waals surface area (Å²) in [6.07, 6.45) is 0.383. The number of aromatic carboxylic acids is 1. The van der Waals surface area contributed by atoms with Crippen LogP contribution in [0.3, 0.4) is 0 Å². The Labute approximate surface area is 109 Å². The third-order valence-corrected chi connectivity index (χ3v) is 3.06. The largest absolute Gasteiger partial charge is 0.485 e. The number of hydrogen-bond acceptors (Lipinski definition) is 3. The number of halogens is 1. The van der Waals surface area contributed by atoms with Crippen LogP contribution >= 0.6 is 0 Å². The van der Waals surface area contributed by atoms with Crippen LogP contribution in [0.15, 0.2) is 18.2 Å². The maximum atomic E-state index is 13.7. The molecule has 1 N–H and O–H groups in total. The van der Waals surface area contributed by atoms with Gasteiger partial charge in [0.05, 0.1) is 12.1 Å². The first kappa shape index (κ1) is 13.3. The Hall–Kier alpha value is -2.11. The monoisotopic (exact) mass is 267 g/mol. The molecule has 1 saturated heterocycles. The number of nitrogens with zero attached hydrogens (tertiary/aromatic N) is 1. The van der Waals surface area contributed by atoms with Gasteiger partial charge in [0.25, 0.3) is 0 Å². The molecule has 1 amide bonds. The van der Waals surface area contributed by atoms with Crippen LogP contribution in [-0.2, 0) is 4.79 Å². The normalized spacial score (nSPS) is 18.4. The molecule has 1 aliphatic rings. The number of amides is 1. The van der Waals surface area contributed by atoms with Crippen molar-refractivity contribution in [3.8, 4) is 5.75 Å². The van der Waals surface area contributed by atoms with E-state index >= 15 is 0 Å². The van der Waals surface area contributed by atoms with Gasteiger partial charge >= 0.3 is 5.97 Å². The first-order chi connectivity index (χ1) is 8.97. The van der Waals surface area contributed by atoms with Crippen LogP contribution in [0.1, 0.15) is 23.7 Å². The number of benzene rings is 1. The van der Waals surface area contributed by atoms with Gasteiger partial charge in [0.1, 0.15) is 6.10 Å². The summed E-state index contributed by atoms with van der Waals surface area (Å²) in [5.41, 5.74) is -0.123. The van der Waals surface area contributed by atoms with Crippen LogP contribution in [-0.4, -0.2) is 41.1 Å². The number of rotatable bonds is 3. The second-order valence-electron chi connectivity index (χ2n) is 4.44. The number of ether oxygens (including phenoxy) is 1. The summed E-state index contributed by atoms with van der Waals surface area (Å²) in [7, 11) is 0. The number of likely N-dealkylation sites (tertiary alicyclic amines) is 1. The molecule has 5 nitrogen and oxygen atoms in total. The lowest BCUT2D eigenvalue weighted by Gasteiger charge is -2.16. The smallest absolute Gasteiger partial charge is 0.335 e. The number of carbonyl (C=O) groups excluding carboxylic acids is 1. The molecule has 0 aliphatic carbocycles. The van der Waals surface area contributed by atoms with Gasteiger partial charge in [-0.25, -0.2) is 9.18 Å². The van der Waals surface area contributed by atoms with Crippen molar-refractivity contribution in [2.75, 3.05) is 13.1 Å². The number of carboxylic acid groups (broad SMARTS) is 1. The molecule has 0 bridgehead atoms. The molecule has 102 valence electrons. The minimum atomic E-state index is -1.19. The molecule has 1 aliphatic heterocycles. The average molecular weight is 267 g/mol. The van der Waals surface area contributed by atoms with E-state index in [0.29, 0.717) is 19.5 Å². The summed E-state index contributed by atoms with van der Waals surface area (Å²) in [6, 6.07) is 3.52. The summed E-state index contributed by atoms with van der Waals surface area (Å²) in [6.45, 7) is 2.49. The van der Waals surface area contributed by atoms with E-state index in [2.05, 4.69) is 0 Å². The minimum absolute atomic E-state index is 0.0143. The zero-order valence-electron chi connectivity index (χ0n) is 10.4. The van der Waals surface area contributed by atoms with Crippen molar-refractivity contribution in [1.82, 2.24) is 4.90 Å². The second kappa shape index (κ2) is 5.26. The number of carbonyl (C=O) groups is 2. The van der Waals surface area contributed by atoms with Gasteiger partial charge in [0.15, 0.2) is 11.6 Å². The summed E-state index contributed by atoms with van der Waals surface area (Å²) >= 11 is 0. The van der Waals surface area contributed by atoms with Gasteiger partial charge in [-0.05, 0) is 18.2 Å². The van der Waals surface area contributed by atoms with Gasteiger partial charge in [0.2, 0.25) is 5.91 Å². The van der Waals surface area contributed by atoms with Gasteiger partial charge in [-0.15, -0.1) is 0 Å². The maximum absolute atomic E-state index is 13.7.